The molecule has 54 heavy (non-hydrogen) atoms. The zero-order valence-electron chi connectivity index (χ0n) is 38.2. The van der Waals surface area contributed by atoms with Gasteiger partial charge in [0.15, 0.2) is 16.6 Å². The van der Waals surface area contributed by atoms with Crippen molar-refractivity contribution in [2.24, 2.45) is 23.2 Å². The zero-order valence-corrected chi connectivity index (χ0v) is 41.1. The van der Waals surface area contributed by atoms with E-state index in [0.717, 1.165) is 38.5 Å². The second-order valence-corrected chi connectivity index (χ2v) is 31.4. The molecule has 0 bridgehead atoms. The Kier molecular flexibility index (Phi) is 21.1. The first kappa shape index (κ1) is 51.6. The van der Waals surface area contributed by atoms with Gasteiger partial charge in [0.25, 0.3) is 0 Å². The monoisotopic (exact) mass is 817 g/mol. The molecule has 6 atom stereocenters. The number of carbonyl (C=O) groups is 1. The van der Waals surface area contributed by atoms with Crippen LogP contribution in [0, 0.1) is 23.2 Å². The summed E-state index contributed by atoms with van der Waals surface area (Å²) in [6.07, 6.45) is 10.1. The molecule has 1 rings (SSSR count). The Balaban J connectivity index is 3.10. The Hall–Kier alpha value is -0.426. The minimum Gasteiger partial charge on any atom is -0.417 e. The van der Waals surface area contributed by atoms with Crippen LogP contribution in [-0.2, 0) is 36.7 Å². The molecule has 0 aromatic rings. The topological polar surface area (TPSA) is 89.5 Å². The summed E-state index contributed by atoms with van der Waals surface area (Å²) >= 11 is 0. The van der Waals surface area contributed by atoms with Crippen LogP contribution in [0.5, 0.6) is 0 Å². The van der Waals surface area contributed by atoms with Gasteiger partial charge in [0.05, 0.1) is 31.6 Å². The summed E-state index contributed by atoms with van der Waals surface area (Å²) in [7, 11) is -5.74. The summed E-state index contributed by atoms with van der Waals surface area (Å²) in [5.41, 5.74) is 1.81. The number of allylic oxidation sites excluding steroid dienone is 4. The molecule has 0 radical (unpaired) electrons. The summed E-state index contributed by atoms with van der Waals surface area (Å²) in [6.45, 7) is 39.3. The molecule has 1 fully saturated rings. The highest BCUT2D eigenvalue weighted by Gasteiger charge is 2.52. The fraction of sp³-hybridized carbons (Fsp3) is 0.884. The van der Waals surface area contributed by atoms with Crippen molar-refractivity contribution in [2.45, 2.75) is 183 Å². The van der Waals surface area contributed by atoms with Gasteiger partial charge in [-0.2, -0.15) is 0 Å². The number of methoxy groups -OCH3 is 1. The van der Waals surface area contributed by atoms with Crippen molar-refractivity contribution in [3.63, 3.8) is 0 Å². The van der Waals surface area contributed by atoms with E-state index < -0.39 is 29.6 Å². The Morgan fingerprint density at radius 3 is 2.00 bits per heavy atom. The molecule has 11 heteroatoms. The van der Waals surface area contributed by atoms with Crippen LogP contribution >= 0.6 is 7.60 Å². The number of ketones is 1. The quantitative estimate of drug-likeness (QED) is 0.0296. The molecule has 0 heterocycles. The highest BCUT2D eigenvalue weighted by atomic mass is 31.2. The number of carbonyl (C=O) groups excluding carboxylic acids is 1. The number of Topliss-reactive ketones (excluding diaryl/α,β-unsaturated/α-hetero) is 1. The number of ether oxygens (including phenoxy) is 2. The number of hydrogen-bond donors (Lipinski definition) is 0. The average Bonchev–Trinajstić information content (AvgIpc) is 3.30. The molecule has 0 amide bonds. The second kappa shape index (κ2) is 22.1. The van der Waals surface area contributed by atoms with Gasteiger partial charge in [0, 0.05) is 25.6 Å². The largest absolute Gasteiger partial charge is 0.417 e. The van der Waals surface area contributed by atoms with Crippen LogP contribution in [-0.4, -0.2) is 74.5 Å². The van der Waals surface area contributed by atoms with Gasteiger partial charge in [-0.15, -0.1) is 0 Å². The van der Waals surface area contributed by atoms with Crippen LogP contribution in [0.25, 0.3) is 0 Å². The van der Waals surface area contributed by atoms with E-state index in [4.69, 9.17) is 27.4 Å². The van der Waals surface area contributed by atoms with Crippen molar-refractivity contribution in [3.8, 4) is 0 Å². The zero-order chi connectivity index (χ0) is 41.8. The Bertz CT molecular complexity index is 1240. The molecular formula is C43H85O8PSi2. The van der Waals surface area contributed by atoms with Gasteiger partial charge in [-0.25, -0.2) is 0 Å². The summed E-state index contributed by atoms with van der Waals surface area (Å²) in [6, 6.07) is 0. The summed E-state index contributed by atoms with van der Waals surface area (Å²) < 4.78 is 49.9. The van der Waals surface area contributed by atoms with E-state index in [9.17, 15) is 9.36 Å². The minimum atomic E-state index is -3.34. The van der Waals surface area contributed by atoms with E-state index >= 15 is 0 Å². The van der Waals surface area contributed by atoms with Gasteiger partial charge in [-0.05, 0) is 127 Å². The van der Waals surface area contributed by atoms with Crippen molar-refractivity contribution in [1.82, 2.24) is 0 Å². The molecule has 1 saturated carbocycles. The minimum absolute atomic E-state index is 0.0251. The molecule has 1 aliphatic rings. The first-order chi connectivity index (χ1) is 24.7. The van der Waals surface area contributed by atoms with Gasteiger partial charge in [0.1, 0.15) is 12.6 Å². The molecule has 0 spiro atoms. The maximum atomic E-state index is 13.9. The highest BCUT2D eigenvalue weighted by molar-refractivity contribution is 7.54. The molecule has 2 unspecified atom stereocenters. The third-order valence-electron chi connectivity index (χ3n) is 13.0. The van der Waals surface area contributed by atoms with Gasteiger partial charge < -0.3 is 27.4 Å². The predicted octanol–water partition coefficient (Wildman–Crippen LogP) is 12.8. The smallest absolute Gasteiger partial charge is 0.335 e. The van der Waals surface area contributed by atoms with Gasteiger partial charge in [-0.3, -0.25) is 9.36 Å². The van der Waals surface area contributed by atoms with Gasteiger partial charge >= 0.3 is 7.60 Å². The van der Waals surface area contributed by atoms with Crippen LogP contribution in [0.2, 0.25) is 36.3 Å². The van der Waals surface area contributed by atoms with Crippen molar-refractivity contribution in [3.05, 3.63) is 23.3 Å². The molecule has 0 aromatic carbocycles. The molecule has 1 aliphatic carbocycles. The third-order valence-corrected chi connectivity index (χ3v) is 24.6. The van der Waals surface area contributed by atoms with Crippen LogP contribution < -0.4 is 0 Å². The molecule has 318 valence electrons. The van der Waals surface area contributed by atoms with Crippen LogP contribution in [0.4, 0.5) is 0 Å². The van der Waals surface area contributed by atoms with Crippen molar-refractivity contribution in [1.29, 1.82) is 0 Å². The summed E-state index contributed by atoms with van der Waals surface area (Å²) in [5.74, 6) is 1.10. The van der Waals surface area contributed by atoms with E-state index in [0.29, 0.717) is 38.6 Å². The first-order valence-corrected chi connectivity index (χ1v) is 28.3. The van der Waals surface area contributed by atoms with E-state index in [1.165, 1.54) is 11.1 Å². The number of hydrogen-bond acceptors (Lipinski definition) is 8. The highest BCUT2D eigenvalue weighted by Crippen LogP contribution is 2.56. The second-order valence-electron chi connectivity index (χ2n) is 19.4. The first-order valence-electron chi connectivity index (χ1n) is 20.8. The molecule has 0 N–H and O–H groups in total. The molecule has 8 nitrogen and oxygen atoms in total. The lowest BCUT2D eigenvalue weighted by Crippen LogP contribution is -2.46. The fourth-order valence-corrected chi connectivity index (χ4v) is 11.5. The van der Waals surface area contributed by atoms with Gasteiger partial charge in [-0.1, -0.05) is 78.7 Å². The normalized spacial score (nSPS) is 22.9. The predicted molar refractivity (Wildman–Crippen MR) is 232 cm³/mol. The van der Waals surface area contributed by atoms with Crippen molar-refractivity contribution in [2.75, 3.05) is 40.3 Å². The Labute approximate surface area is 335 Å². The molecule has 0 saturated heterocycles. The van der Waals surface area contributed by atoms with Crippen LogP contribution in [0.15, 0.2) is 23.3 Å². The third kappa shape index (κ3) is 15.1. The van der Waals surface area contributed by atoms with E-state index in [-0.39, 0.29) is 46.4 Å². The fourth-order valence-electron chi connectivity index (χ4n) is 7.06. The SMILES string of the molecule is CCOP(=O)(OCC)C(C)C(CC/C(C)=C/CC/C(C)=C/C[C@]1(C)C(=O)C[C@@H]([C@H](C)COCOC)[C@H]1CCO[Si](C)(C)C(C)(C)C)O[Si](C)(C)C(C)(C)C. The molecule has 0 aliphatic heterocycles. The Morgan fingerprint density at radius 1 is 0.926 bits per heavy atom. The van der Waals surface area contributed by atoms with Crippen molar-refractivity contribution >= 4 is 30.0 Å². The van der Waals surface area contributed by atoms with Crippen molar-refractivity contribution < 1.29 is 36.7 Å². The Morgan fingerprint density at radius 2 is 1.48 bits per heavy atom. The van der Waals surface area contributed by atoms with E-state index in [1.807, 2.05) is 20.8 Å². The molecule has 0 aromatic heterocycles. The van der Waals surface area contributed by atoms with E-state index in [2.05, 4.69) is 108 Å². The summed E-state index contributed by atoms with van der Waals surface area (Å²) in [5, 5.41) is 0.169. The van der Waals surface area contributed by atoms with E-state index in [1.54, 1.807) is 7.11 Å². The van der Waals surface area contributed by atoms with Crippen LogP contribution in [0.1, 0.15) is 135 Å². The van der Waals surface area contributed by atoms with Crippen LogP contribution in [0.3, 0.4) is 0 Å². The lowest BCUT2D eigenvalue weighted by atomic mass is 9.70. The lowest BCUT2D eigenvalue weighted by molar-refractivity contribution is -0.126. The lowest BCUT2D eigenvalue weighted by Gasteiger charge is -2.42. The average molecular weight is 817 g/mol. The van der Waals surface area contributed by atoms with Gasteiger partial charge in [0.2, 0.25) is 0 Å². The molecular weight excluding hydrogens is 732 g/mol. The summed E-state index contributed by atoms with van der Waals surface area (Å²) in [4.78, 5) is 13.9. The standard InChI is InChI=1S/C43H85O8PSi2/c1-19-48-52(45,49-20-2)36(6)39(51-54(17,18)42(10,11)12)25-24-33(3)22-21-23-34(4)26-28-43(13)38(27-29-50-53(15,16)41(7,8)9)37(30-40(43)44)35(5)31-47-32-46-14/h22,26,35-39H,19-21,23-25,27-32H2,1-18H3/b33-22+,34-26+/t35-,36?,37+,38-,39?,43+/m1/s1. The number of rotatable bonds is 25. The maximum absolute atomic E-state index is 13.9. The maximum Gasteiger partial charge on any atom is 0.335 e.